The molecule has 5 rings (SSSR count). The SMILES string of the molecule is CCN(CCCOc1ccc(-c2cccc(S(=O)(=O)C3CC3)c2)c2c1[nH]c1ncc(C)cc12)CCOP(=O)(OC(C)(C)C)OC(C)(C)C. The maximum Gasteiger partial charge on any atom is 0.475 e. The van der Waals surface area contributed by atoms with Gasteiger partial charge in [0, 0.05) is 30.1 Å². The molecule has 262 valence electrons. The van der Waals surface area contributed by atoms with Crippen LogP contribution >= 0.6 is 7.82 Å². The first-order chi connectivity index (χ1) is 22.5. The molecule has 12 heteroatoms. The van der Waals surface area contributed by atoms with Crippen molar-refractivity contribution in [3.63, 3.8) is 0 Å². The van der Waals surface area contributed by atoms with Crippen molar-refractivity contribution >= 4 is 39.6 Å². The minimum atomic E-state index is -3.77. The van der Waals surface area contributed by atoms with Crippen molar-refractivity contribution in [2.75, 3.05) is 32.8 Å². The smallest absolute Gasteiger partial charge is 0.475 e. The van der Waals surface area contributed by atoms with Crippen molar-refractivity contribution in [2.24, 2.45) is 0 Å². The van der Waals surface area contributed by atoms with E-state index in [2.05, 4.69) is 27.9 Å². The highest BCUT2D eigenvalue weighted by atomic mass is 32.2. The average molecular weight is 700 g/mol. The summed E-state index contributed by atoms with van der Waals surface area (Å²) >= 11 is 0. The van der Waals surface area contributed by atoms with E-state index >= 15 is 0 Å². The molecule has 0 amide bonds. The maximum atomic E-state index is 13.4. The molecule has 1 fully saturated rings. The largest absolute Gasteiger partial charge is 0.491 e. The van der Waals surface area contributed by atoms with Crippen molar-refractivity contribution in [1.29, 1.82) is 0 Å². The quantitative estimate of drug-likeness (QED) is 0.0962. The number of H-pyrrole nitrogens is 1. The van der Waals surface area contributed by atoms with Crippen LogP contribution < -0.4 is 4.74 Å². The Bertz CT molecular complexity index is 1890. The summed E-state index contributed by atoms with van der Waals surface area (Å²) < 4.78 is 63.1. The van der Waals surface area contributed by atoms with Crippen molar-refractivity contribution in [3.8, 4) is 16.9 Å². The third-order valence-electron chi connectivity index (χ3n) is 7.89. The molecule has 2 heterocycles. The number of aromatic amines is 1. The number of hydrogen-bond donors (Lipinski definition) is 1. The topological polar surface area (TPSA) is 120 Å². The first-order valence-corrected chi connectivity index (χ1v) is 19.8. The van der Waals surface area contributed by atoms with Crippen LogP contribution in [0, 0.1) is 6.92 Å². The zero-order chi connectivity index (χ0) is 34.9. The van der Waals surface area contributed by atoms with E-state index < -0.39 is 28.9 Å². The lowest BCUT2D eigenvalue weighted by molar-refractivity contribution is 0.00105. The molecule has 2 aromatic heterocycles. The zero-order valence-corrected chi connectivity index (χ0v) is 31.2. The molecule has 1 N–H and O–H groups in total. The molecule has 2 aromatic carbocycles. The van der Waals surface area contributed by atoms with Crippen LogP contribution in [-0.4, -0.2) is 72.6 Å². The number of sulfone groups is 1. The molecule has 1 saturated carbocycles. The molecule has 0 bridgehead atoms. The fourth-order valence-corrected chi connectivity index (χ4v) is 9.15. The van der Waals surface area contributed by atoms with Gasteiger partial charge in [0.25, 0.3) is 0 Å². The molecular formula is C36H50N3O7PS. The number of phosphoric acid groups is 1. The predicted molar refractivity (Wildman–Crippen MR) is 191 cm³/mol. The molecular weight excluding hydrogens is 649 g/mol. The summed E-state index contributed by atoms with van der Waals surface area (Å²) in [5.74, 6) is 0.706. The van der Waals surface area contributed by atoms with Crippen LogP contribution in [0.1, 0.15) is 73.3 Å². The minimum Gasteiger partial charge on any atom is -0.491 e. The van der Waals surface area contributed by atoms with Gasteiger partial charge in [-0.1, -0.05) is 19.1 Å². The number of hydrogen-bond acceptors (Lipinski definition) is 9. The van der Waals surface area contributed by atoms with Crippen molar-refractivity contribution < 1.29 is 31.3 Å². The Hall–Kier alpha value is -2.79. The Morgan fingerprint density at radius 1 is 0.979 bits per heavy atom. The zero-order valence-electron chi connectivity index (χ0n) is 29.5. The Kier molecular flexibility index (Phi) is 10.8. The molecule has 0 radical (unpaired) electrons. The summed E-state index contributed by atoms with van der Waals surface area (Å²) in [6.45, 7) is 17.8. The molecule has 0 saturated heterocycles. The number of ether oxygens (including phenoxy) is 1. The third kappa shape index (κ3) is 9.05. The van der Waals surface area contributed by atoms with Crippen LogP contribution in [-0.2, 0) is 28.0 Å². The lowest BCUT2D eigenvalue weighted by atomic mass is 9.99. The fraction of sp³-hybridized carbons (Fsp3) is 0.528. The standard InChI is InChI=1S/C36H50N3O7PS/c1-9-39(19-21-44-47(40,45-35(3,4)5)46-36(6,7)8)18-11-20-43-31-17-16-29(32-30-22-25(2)24-37-34(30)38-33(31)32)26-12-10-13-28(23-26)48(41,42)27-14-15-27/h10,12-13,16-17,22-24,27H,9,11,14-15,18-21H2,1-8H3,(H,37,38). The number of likely N-dealkylation sites (N-methyl/N-ethyl adjacent to an activating group) is 1. The highest BCUT2D eigenvalue weighted by molar-refractivity contribution is 7.92. The van der Waals surface area contributed by atoms with Gasteiger partial charge in [0.2, 0.25) is 0 Å². The van der Waals surface area contributed by atoms with Crippen LogP contribution in [0.25, 0.3) is 33.1 Å². The molecule has 10 nitrogen and oxygen atoms in total. The van der Waals surface area contributed by atoms with E-state index in [0.717, 1.165) is 71.0 Å². The van der Waals surface area contributed by atoms with Crippen molar-refractivity contribution in [1.82, 2.24) is 14.9 Å². The lowest BCUT2D eigenvalue weighted by Gasteiger charge is -2.31. The van der Waals surface area contributed by atoms with Gasteiger partial charge in [-0.3, -0.25) is 13.6 Å². The number of pyridine rings is 1. The fourth-order valence-electron chi connectivity index (χ4n) is 5.66. The number of nitrogens with one attached hydrogen (secondary N) is 1. The van der Waals surface area contributed by atoms with Crippen LogP contribution in [0.4, 0.5) is 0 Å². The van der Waals surface area contributed by atoms with Gasteiger partial charge in [0.1, 0.15) is 11.4 Å². The maximum absolute atomic E-state index is 13.4. The van der Waals surface area contributed by atoms with E-state index in [1.807, 2.05) is 78.9 Å². The minimum absolute atomic E-state index is 0.199. The molecule has 0 aliphatic heterocycles. The Morgan fingerprint density at radius 3 is 2.33 bits per heavy atom. The first-order valence-electron chi connectivity index (χ1n) is 16.7. The van der Waals surface area contributed by atoms with Crippen molar-refractivity contribution in [2.45, 2.75) is 96.0 Å². The van der Waals surface area contributed by atoms with E-state index in [1.165, 1.54) is 0 Å². The van der Waals surface area contributed by atoms with Gasteiger partial charge in [0.15, 0.2) is 9.84 Å². The van der Waals surface area contributed by atoms with Gasteiger partial charge >= 0.3 is 7.82 Å². The van der Waals surface area contributed by atoms with Crippen LogP contribution in [0.3, 0.4) is 0 Å². The van der Waals surface area contributed by atoms with Gasteiger partial charge in [-0.15, -0.1) is 0 Å². The molecule has 4 aromatic rings. The molecule has 48 heavy (non-hydrogen) atoms. The van der Waals surface area contributed by atoms with E-state index in [1.54, 1.807) is 12.1 Å². The summed E-state index contributed by atoms with van der Waals surface area (Å²) in [5.41, 5.74) is 2.98. The van der Waals surface area contributed by atoms with Gasteiger partial charge in [-0.05, 0) is 121 Å². The van der Waals surface area contributed by atoms with Crippen LogP contribution in [0.15, 0.2) is 53.6 Å². The normalized spacial score (nSPS) is 14.8. The highest BCUT2D eigenvalue weighted by Gasteiger charge is 2.38. The predicted octanol–water partition coefficient (Wildman–Crippen LogP) is 8.47. The molecule has 0 atom stereocenters. The third-order valence-corrected chi connectivity index (χ3v) is 12.2. The monoisotopic (exact) mass is 699 g/mol. The van der Waals surface area contributed by atoms with E-state index in [4.69, 9.17) is 18.3 Å². The van der Waals surface area contributed by atoms with Gasteiger partial charge < -0.3 is 14.6 Å². The Labute approximate surface area is 285 Å². The molecule has 0 unspecified atom stereocenters. The summed E-state index contributed by atoms with van der Waals surface area (Å²) in [6, 6.07) is 13.3. The second-order valence-corrected chi connectivity index (χ2v) is 18.2. The number of fused-ring (bicyclic) bond motifs is 3. The van der Waals surface area contributed by atoms with E-state index in [0.29, 0.717) is 23.8 Å². The average Bonchev–Trinajstić information content (AvgIpc) is 3.78. The molecule has 0 spiro atoms. The molecule has 1 aliphatic carbocycles. The van der Waals surface area contributed by atoms with E-state index in [9.17, 15) is 13.0 Å². The van der Waals surface area contributed by atoms with Crippen LogP contribution in [0.2, 0.25) is 0 Å². The second-order valence-electron chi connectivity index (χ2n) is 14.5. The highest BCUT2D eigenvalue weighted by Crippen LogP contribution is 2.55. The van der Waals surface area contributed by atoms with Crippen LogP contribution in [0.5, 0.6) is 5.75 Å². The summed E-state index contributed by atoms with van der Waals surface area (Å²) in [4.78, 5) is 10.7. The molecule has 1 aliphatic rings. The summed E-state index contributed by atoms with van der Waals surface area (Å²) in [6.07, 6.45) is 4.03. The number of phosphoric ester groups is 1. The number of nitrogens with zero attached hydrogens (tertiary/aromatic N) is 2. The van der Waals surface area contributed by atoms with Gasteiger partial charge in [-0.2, -0.15) is 0 Å². The Balaban J connectivity index is 1.29. The summed E-state index contributed by atoms with van der Waals surface area (Å²) in [7, 11) is -7.10. The summed E-state index contributed by atoms with van der Waals surface area (Å²) in [5, 5.41) is 1.64. The van der Waals surface area contributed by atoms with Gasteiger partial charge in [-0.25, -0.2) is 18.0 Å². The lowest BCUT2D eigenvalue weighted by Crippen LogP contribution is -2.30. The van der Waals surface area contributed by atoms with Crippen molar-refractivity contribution in [3.05, 3.63) is 54.2 Å². The number of benzene rings is 2. The van der Waals surface area contributed by atoms with Gasteiger partial charge in [0.05, 0.1) is 40.1 Å². The van der Waals surface area contributed by atoms with E-state index in [-0.39, 0.29) is 11.9 Å². The number of aryl methyl sites for hydroxylation is 1. The second kappa shape index (κ2) is 14.2. The number of aromatic nitrogens is 2. The Morgan fingerprint density at radius 2 is 1.69 bits per heavy atom. The number of rotatable bonds is 15. The first kappa shape index (κ1) is 36.5.